The van der Waals surface area contributed by atoms with E-state index in [1.807, 2.05) is 30.3 Å². The smallest absolute Gasteiger partial charge is 0.183 e. The standard InChI is InChI=1S/C16H20O4S/c1-19-16(20-2)15-6-4-3-5-14(15)11-9-12-7-8-13(10-11)21(12,17)18/h3-6,9,12-13,16H,7-8,10H2,1-2H3. The van der Waals surface area contributed by atoms with Crippen LogP contribution in [0, 0.1) is 0 Å². The molecule has 0 saturated carbocycles. The normalized spacial score (nSPS) is 26.9. The first kappa shape index (κ1) is 14.8. The maximum Gasteiger partial charge on any atom is 0.183 e. The lowest BCUT2D eigenvalue weighted by molar-refractivity contribution is -0.106. The molecule has 2 heterocycles. The number of ether oxygens (including phenoxy) is 2. The second kappa shape index (κ2) is 5.55. The lowest BCUT2D eigenvalue weighted by Crippen LogP contribution is -2.26. The van der Waals surface area contributed by atoms with Crippen LogP contribution in [0.3, 0.4) is 0 Å². The predicted molar refractivity (Wildman–Crippen MR) is 81.5 cm³/mol. The van der Waals surface area contributed by atoms with Crippen LogP contribution in [-0.2, 0) is 19.3 Å². The summed E-state index contributed by atoms with van der Waals surface area (Å²) in [6.07, 6.45) is 3.61. The third-order valence-corrected chi connectivity index (χ3v) is 7.03. The molecule has 0 spiro atoms. The first-order valence-corrected chi connectivity index (χ1v) is 8.77. The molecule has 21 heavy (non-hydrogen) atoms. The fraction of sp³-hybridized carbons (Fsp3) is 0.500. The highest BCUT2D eigenvalue weighted by Crippen LogP contribution is 2.42. The van der Waals surface area contributed by atoms with Crippen molar-refractivity contribution >= 4 is 15.4 Å². The zero-order chi connectivity index (χ0) is 15.0. The summed E-state index contributed by atoms with van der Waals surface area (Å²) in [4.78, 5) is 0. The summed E-state index contributed by atoms with van der Waals surface area (Å²) in [5, 5.41) is -0.540. The average molecular weight is 308 g/mol. The Kier molecular flexibility index (Phi) is 3.90. The van der Waals surface area contributed by atoms with Crippen LogP contribution < -0.4 is 0 Å². The summed E-state index contributed by atoms with van der Waals surface area (Å²) in [5.74, 6) is 0. The molecule has 3 rings (SSSR count). The highest BCUT2D eigenvalue weighted by molar-refractivity contribution is 7.93. The van der Waals surface area contributed by atoms with Gasteiger partial charge in [-0.1, -0.05) is 30.3 Å². The topological polar surface area (TPSA) is 52.6 Å². The molecule has 0 amide bonds. The van der Waals surface area contributed by atoms with Crippen molar-refractivity contribution in [1.29, 1.82) is 0 Å². The molecule has 5 heteroatoms. The van der Waals surface area contributed by atoms with E-state index in [-0.39, 0.29) is 10.5 Å². The van der Waals surface area contributed by atoms with Crippen molar-refractivity contribution in [3.63, 3.8) is 0 Å². The molecule has 2 bridgehead atoms. The van der Waals surface area contributed by atoms with Crippen LogP contribution in [0.15, 0.2) is 30.3 Å². The van der Waals surface area contributed by atoms with E-state index in [1.165, 1.54) is 0 Å². The molecule has 0 radical (unpaired) electrons. The van der Waals surface area contributed by atoms with Crippen molar-refractivity contribution in [1.82, 2.24) is 0 Å². The SMILES string of the molecule is COC(OC)c1ccccc1C1=CC2CCC(C1)S2(=O)=O. The predicted octanol–water partition coefficient (Wildman–Crippen LogP) is 2.71. The van der Waals surface area contributed by atoms with Crippen LogP contribution in [-0.4, -0.2) is 33.1 Å². The summed E-state index contributed by atoms with van der Waals surface area (Å²) >= 11 is 0. The molecule has 1 fully saturated rings. The van der Waals surface area contributed by atoms with Gasteiger partial charge in [0.25, 0.3) is 0 Å². The van der Waals surface area contributed by atoms with Gasteiger partial charge >= 0.3 is 0 Å². The fourth-order valence-corrected chi connectivity index (χ4v) is 5.59. The van der Waals surface area contributed by atoms with Crippen molar-refractivity contribution in [2.75, 3.05) is 14.2 Å². The van der Waals surface area contributed by atoms with Crippen LogP contribution in [0.2, 0.25) is 0 Å². The number of hydrogen-bond donors (Lipinski definition) is 0. The van der Waals surface area contributed by atoms with E-state index >= 15 is 0 Å². The highest BCUT2D eigenvalue weighted by atomic mass is 32.2. The second-order valence-electron chi connectivity index (χ2n) is 5.61. The highest BCUT2D eigenvalue weighted by Gasteiger charge is 2.43. The van der Waals surface area contributed by atoms with E-state index in [0.717, 1.165) is 29.5 Å². The third kappa shape index (κ3) is 2.43. The van der Waals surface area contributed by atoms with Gasteiger partial charge in [-0.15, -0.1) is 0 Å². The maximum atomic E-state index is 12.2. The van der Waals surface area contributed by atoms with Gasteiger partial charge < -0.3 is 9.47 Å². The number of rotatable bonds is 4. The summed E-state index contributed by atoms with van der Waals surface area (Å²) in [6, 6.07) is 7.90. The lowest BCUT2D eigenvalue weighted by atomic mass is 9.95. The van der Waals surface area contributed by atoms with Crippen LogP contribution in [0.25, 0.3) is 5.57 Å². The molecule has 0 aromatic heterocycles. The maximum absolute atomic E-state index is 12.2. The van der Waals surface area contributed by atoms with E-state index in [2.05, 4.69) is 0 Å². The van der Waals surface area contributed by atoms with Crippen molar-refractivity contribution in [3.05, 3.63) is 41.5 Å². The van der Waals surface area contributed by atoms with Crippen molar-refractivity contribution in [3.8, 4) is 0 Å². The molecule has 0 aliphatic carbocycles. The molecule has 2 unspecified atom stereocenters. The number of sulfone groups is 1. The van der Waals surface area contributed by atoms with Gasteiger partial charge in [0, 0.05) is 19.8 Å². The molecule has 1 saturated heterocycles. The Morgan fingerprint density at radius 2 is 1.86 bits per heavy atom. The molecule has 0 N–H and O–H groups in total. The Morgan fingerprint density at radius 3 is 2.52 bits per heavy atom. The van der Waals surface area contributed by atoms with E-state index in [0.29, 0.717) is 6.42 Å². The Hall–Kier alpha value is -1.17. The Morgan fingerprint density at radius 1 is 1.14 bits per heavy atom. The molecule has 2 aliphatic heterocycles. The van der Waals surface area contributed by atoms with Gasteiger partial charge in [0.1, 0.15) is 0 Å². The summed E-state index contributed by atoms with van der Waals surface area (Å²) < 4.78 is 35.1. The largest absolute Gasteiger partial charge is 0.352 e. The zero-order valence-electron chi connectivity index (χ0n) is 12.3. The van der Waals surface area contributed by atoms with Crippen molar-refractivity contribution in [2.24, 2.45) is 0 Å². The van der Waals surface area contributed by atoms with E-state index in [4.69, 9.17) is 9.47 Å². The lowest BCUT2D eigenvalue weighted by Gasteiger charge is -2.24. The van der Waals surface area contributed by atoms with Gasteiger partial charge in [-0.05, 0) is 30.4 Å². The Balaban J connectivity index is 2.03. The van der Waals surface area contributed by atoms with Gasteiger partial charge in [0.2, 0.25) is 0 Å². The molecule has 1 aromatic carbocycles. The fourth-order valence-electron chi connectivity index (χ4n) is 3.40. The molecular weight excluding hydrogens is 288 g/mol. The average Bonchev–Trinajstić information content (AvgIpc) is 2.69. The number of fused-ring (bicyclic) bond motifs is 2. The summed E-state index contributed by atoms with van der Waals surface area (Å²) in [5.41, 5.74) is 3.09. The number of methoxy groups -OCH3 is 2. The molecular formula is C16H20O4S. The van der Waals surface area contributed by atoms with E-state index < -0.39 is 16.1 Å². The molecule has 2 atom stereocenters. The third-order valence-electron chi connectivity index (χ3n) is 4.48. The van der Waals surface area contributed by atoms with Crippen LogP contribution in [0.1, 0.15) is 36.7 Å². The second-order valence-corrected chi connectivity index (χ2v) is 8.06. The van der Waals surface area contributed by atoms with Gasteiger partial charge in [0.05, 0.1) is 10.5 Å². The zero-order valence-corrected chi connectivity index (χ0v) is 13.1. The number of benzene rings is 1. The van der Waals surface area contributed by atoms with Gasteiger partial charge in [-0.25, -0.2) is 8.42 Å². The minimum atomic E-state index is -2.95. The van der Waals surface area contributed by atoms with Gasteiger partial charge in [-0.2, -0.15) is 0 Å². The number of allylic oxidation sites excluding steroid dienone is 1. The van der Waals surface area contributed by atoms with Crippen molar-refractivity contribution < 1.29 is 17.9 Å². The van der Waals surface area contributed by atoms with Crippen molar-refractivity contribution in [2.45, 2.75) is 36.1 Å². The molecule has 114 valence electrons. The molecule has 4 nitrogen and oxygen atoms in total. The first-order valence-electron chi connectivity index (χ1n) is 7.16. The van der Waals surface area contributed by atoms with Gasteiger partial charge in [-0.3, -0.25) is 0 Å². The summed E-state index contributed by atoms with van der Waals surface area (Å²) in [6.45, 7) is 0. The Labute approximate surface area is 125 Å². The van der Waals surface area contributed by atoms with E-state index in [9.17, 15) is 8.42 Å². The minimum absolute atomic E-state index is 0.223. The number of hydrogen-bond acceptors (Lipinski definition) is 4. The van der Waals surface area contributed by atoms with E-state index in [1.54, 1.807) is 14.2 Å². The quantitative estimate of drug-likeness (QED) is 0.803. The minimum Gasteiger partial charge on any atom is -0.352 e. The molecule has 2 aliphatic rings. The van der Waals surface area contributed by atoms with Gasteiger partial charge in [0.15, 0.2) is 16.1 Å². The van der Waals surface area contributed by atoms with Crippen LogP contribution in [0.5, 0.6) is 0 Å². The Bertz CT molecular complexity index is 659. The van der Waals surface area contributed by atoms with Crippen LogP contribution in [0.4, 0.5) is 0 Å². The molecule has 1 aromatic rings. The summed E-state index contributed by atoms with van der Waals surface area (Å²) in [7, 11) is 0.258. The van der Waals surface area contributed by atoms with Crippen LogP contribution >= 0.6 is 0 Å². The first-order chi connectivity index (χ1) is 10.1. The monoisotopic (exact) mass is 308 g/mol.